The van der Waals surface area contributed by atoms with Crippen LogP contribution in [0.2, 0.25) is 0 Å². The molecule has 0 aliphatic carbocycles. The first kappa shape index (κ1) is 16.0. The zero-order valence-corrected chi connectivity index (χ0v) is 14.0. The van der Waals surface area contributed by atoms with Crippen LogP contribution in [0.15, 0.2) is 28.7 Å². The lowest BCUT2D eigenvalue weighted by atomic mass is 10.0. The first-order valence-corrected chi connectivity index (χ1v) is 8.35. The minimum atomic E-state index is 0.310. The van der Waals surface area contributed by atoms with E-state index in [-0.39, 0.29) is 0 Å². The fourth-order valence-electron chi connectivity index (χ4n) is 2.69. The van der Waals surface area contributed by atoms with Crippen molar-refractivity contribution in [3.8, 4) is 0 Å². The topological polar surface area (TPSA) is 24.5 Å². The molecule has 1 N–H and O–H groups in total. The minimum absolute atomic E-state index is 0.310. The maximum absolute atomic E-state index is 5.85. The number of hydrogen-bond donors (Lipinski definition) is 1. The molecule has 0 saturated carbocycles. The van der Waals surface area contributed by atoms with Crippen molar-refractivity contribution in [3.63, 3.8) is 0 Å². The van der Waals surface area contributed by atoms with Crippen LogP contribution in [-0.2, 0) is 4.74 Å². The summed E-state index contributed by atoms with van der Waals surface area (Å²) >= 11 is 3.55. The quantitative estimate of drug-likeness (QED) is 0.860. The molecule has 0 amide bonds. The summed E-state index contributed by atoms with van der Waals surface area (Å²) in [6.07, 6.45) is 1.39. The zero-order chi connectivity index (χ0) is 14.4. The summed E-state index contributed by atoms with van der Waals surface area (Å²) in [6, 6.07) is 8.94. The molecule has 1 aromatic rings. The molecule has 1 aliphatic rings. The maximum Gasteiger partial charge on any atom is 0.0826 e. The third-order valence-corrected chi connectivity index (χ3v) is 4.41. The number of benzene rings is 1. The lowest BCUT2D eigenvalue weighted by molar-refractivity contribution is -0.0264. The highest BCUT2D eigenvalue weighted by atomic mass is 79.9. The van der Waals surface area contributed by atoms with Gasteiger partial charge >= 0.3 is 0 Å². The average molecular weight is 341 g/mol. The summed E-state index contributed by atoms with van der Waals surface area (Å²) in [7, 11) is 0. The van der Waals surface area contributed by atoms with E-state index in [9.17, 15) is 0 Å². The molecule has 0 bridgehead atoms. The molecule has 0 aromatic heterocycles. The Hall–Kier alpha value is -0.420. The van der Waals surface area contributed by atoms with Gasteiger partial charge in [0, 0.05) is 30.1 Å². The van der Waals surface area contributed by atoms with Crippen molar-refractivity contribution in [2.45, 2.75) is 32.4 Å². The van der Waals surface area contributed by atoms with Gasteiger partial charge in [0.05, 0.1) is 12.7 Å². The van der Waals surface area contributed by atoms with Gasteiger partial charge in [0.1, 0.15) is 0 Å². The lowest BCUT2D eigenvalue weighted by Crippen LogP contribution is -2.46. The van der Waals surface area contributed by atoms with Gasteiger partial charge in [-0.3, -0.25) is 4.90 Å². The van der Waals surface area contributed by atoms with Crippen LogP contribution >= 0.6 is 15.9 Å². The molecule has 1 heterocycles. The second-order valence-corrected chi connectivity index (χ2v) is 6.23. The molecule has 0 radical (unpaired) electrons. The van der Waals surface area contributed by atoms with Crippen molar-refractivity contribution < 1.29 is 4.74 Å². The molecular formula is C16H25BrN2O. The van der Waals surface area contributed by atoms with E-state index in [1.807, 2.05) is 0 Å². The van der Waals surface area contributed by atoms with Gasteiger partial charge in [-0.25, -0.2) is 0 Å². The number of nitrogens with one attached hydrogen (secondary N) is 1. The van der Waals surface area contributed by atoms with Crippen molar-refractivity contribution in [3.05, 3.63) is 34.3 Å². The monoisotopic (exact) mass is 340 g/mol. The molecule has 2 atom stereocenters. The highest BCUT2D eigenvalue weighted by Crippen LogP contribution is 2.20. The third-order valence-electron chi connectivity index (χ3n) is 3.92. The highest BCUT2D eigenvalue weighted by molar-refractivity contribution is 9.10. The number of hydrogen-bond acceptors (Lipinski definition) is 3. The first-order valence-electron chi connectivity index (χ1n) is 7.55. The van der Waals surface area contributed by atoms with Crippen LogP contribution in [-0.4, -0.2) is 43.8 Å². The molecule has 112 valence electrons. The standard InChI is InChI=1S/C16H25BrN2O/c1-3-16(13-6-5-7-14(17)10-13)18-11-15-12-19(4-2)8-9-20-15/h5-7,10,15-16,18H,3-4,8-9,11-12H2,1-2H3. The summed E-state index contributed by atoms with van der Waals surface area (Å²) in [5, 5.41) is 3.65. The summed E-state index contributed by atoms with van der Waals surface area (Å²) in [5.74, 6) is 0. The van der Waals surface area contributed by atoms with Crippen LogP contribution in [0.1, 0.15) is 31.9 Å². The normalized spacial score (nSPS) is 21.9. The molecule has 2 rings (SSSR count). The Kier molecular flexibility index (Phi) is 6.49. The summed E-state index contributed by atoms with van der Waals surface area (Å²) in [5.41, 5.74) is 1.34. The van der Waals surface area contributed by atoms with E-state index in [2.05, 4.69) is 64.3 Å². The Morgan fingerprint density at radius 3 is 3.00 bits per heavy atom. The highest BCUT2D eigenvalue weighted by Gasteiger charge is 2.20. The number of morpholine rings is 1. The number of rotatable bonds is 6. The summed E-state index contributed by atoms with van der Waals surface area (Å²) < 4.78 is 6.99. The van der Waals surface area contributed by atoms with Crippen LogP contribution < -0.4 is 5.32 Å². The van der Waals surface area contributed by atoms with E-state index < -0.39 is 0 Å². The fraction of sp³-hybridized carbons (Fsp3) is 0.625. The van der Waals surface area contributed by atoms with Crippen molar-refractivity contribution in [1.29, 1.82) is 0 Å². The summed E-state index contributed by atoms with van der Waals surface area (Å²) in [4.78, 5) is 2.45. The number of likely N-dealkylation sites (N-methyl/N-ethyl adjacent to an activating group) is 1. The molecule has 4 heteroatoms. The van der Waals surface area contributed by atoms with E-state index in [4.69, 9.17) is 4.74 Å². The average Bonchev–Trinajstić information content (AvgIpc) is 2.48. The summed E-state index contributed by atoms with van der Waals surface area (Å²) in [6.45, 7) is 9.43. The molecule has 1 aliphatic heterocycles. The van der Waals surface area contributed by atoms with Gasteiger partial charge in [0.2, 0.25) is 0 Å². The van der Waals surface area contributed by atoms with Crippen molar-refractivity contribution in [2.75, 3.05) is 32.8 Å². The molecule has 1 aromatic carbocycles. The maximum atomic E-state index is 5.85. The van der Waals surface area contributed by atoms with E-state index in [1.54, 1.807) is 0 Å². The molecule has 2 unspecified atom stereocenters. The Balaban J connectivity index is 1.87. The number of ether oxygens (including phenoxy) is 1. The SMILES string of the molecule is CCC(NCC1CN(CC)CCO1)c1cccc(Br)c1. The van der Waals surface area contributed by atoms with Crippen LogP contribution in [0.3, 0.4) is 0 Å². The smallest absolute Gasteiger partial charge is 0.0826 e. The van der Waals surface area contributed by atoms with Crippen LogP contribution in [0, 0.1) is 0 Å². The fourth-order valence-corrected chi connectivity index (χ4v) is 3.10. The Bertz CT molecular complexity index is 413. The Morgan fingerprint density at radius 1 is 1.45 bits per heavy atom. The predicted octanol–water partition coefficient (Wildman–Crippen LogP) is 3.21. The van der Waals surface area contributed by atoms with Crippen molar-refractivity contribution in [2.24, 2.45) is 0 Å². The van der Waals surface area contributed by atoms with E-state index in [1.165, 1.54) is 5.56 Å². The largest absolute Gasteiger partial charge is 0.374 e. The molecule has 1 fully saturated rings. The van der Waals surface area contributed by atoms with E-state index in [0.29, 0.717) is 12.1 Å². The Labute approximate surface area is 130 Å². The van der Waals surface area contributed by atoms with Crippen LogP contribution in [0.4, 0.5) is 0 Å². The molecular weight excluding hydrogens is 316 g/mol. The number of halogens is 1. The second kappa shape index (κ2) is 8.13. The Morgan fingerprint density at radius 2 is 2.30 bits per heavy atom. The van der Waals surface area contributed by atoms with E-state index >= 15 is 0 Å². The minimum Gasteiger partial charge on any atom is -0.374 e. The zero-order valence-electron chi connectivity index (χ0n) is 12.4. The third kappa shape index (κ3) is 4.55. The molecule has 20 heavy (non-hydrogen) atoms. The van der Waals surface area contributed by atoms with Crippen LogP contribution in [0.25, 0.3) is 0 Å². The molecule has 1 saturated heterocycles. The lowest BCUT2D eigenvalue weighted by Gasteiger charge is -2.33. The van der Waals surface area contributed by atoms with Crippen LogP contribution in [0.5, 0.6) is 0 Å². The van der Waals surface area contributed by atoms with Crippen molar-refractivity contribution in [1.82, 2.24) is 10.2 Å². The van der Waals surface area contributed by atoms with Gasteiger partial charge in [0.15, 0.2) is 0 Å². The van der Waals surface area contributed by atoms with Gasteiger partial charge in [-0.15, -0.1) is 0 Å². The number of nitrogens with zero attached hydrogens (tertiary/aromatic N) is 1. The molecule has 0 spiro atoms. The van der Waals surface area contributed by atoms with Gasteiger partial charge in [-0.2, -0.15) is 0 Å². The van der Waals surface area contributed by atoms with Gasteiger partial charge < -0.3 is 10.1 Å². The van der Waals surface area contributed by atoms with Gasteiger partial charge in [-0.1, -0.05) is 41.9 Å². The molecule has 3 nitrogen and oxygen atoms in total. The second-order valence-electron chi connectivity index (χ2n) is 5.31. The van der Waals surface area contributed by atoms with E-state index in [0.717, 1.165) is 43.7 Å². The van der Waals surface area contributed by atoms with Gasteiger partial charge in [-0.05, 0) is 30.7 Å². The van der Waals surface area contributed by atoms with Gasteiger partial charge in [0.25, 0.3) is 0 Å². The predicted molar refractivity (Wildman–Crippen MR) is 87.0 cm³/mol. The van der Waals surface area contributed by atoms with Crippen molar-refractivity contribution >= 4 is 15.9 Å². The first-order chi connectivity index (χ1) is 9.72.